The zero-order valence-corrected chi connectivity index (χ0v) is 15.8. The number of thiazole rings is 1. The predicted octanol–water partition coefficient (Wildman–Crippen LogP) is 2.62. The molecule has 1 aliphatic heterocycles. The molecule has 1 saturated heterocycles. The van der Waals surface area contributed by atoms with E-state index in [1.807, 2.05) is 41.5 Å². The number of hydrogen-bond acceptors (Lipinski definition) is 4. The maximum absolute atomic E-state index is 11.9. The molecule has 0 radical (unpaired) electrons. The highest BCUT2D eigenvalue weighted by Gasteiger charge is 2.19. The zero-order chi connectivity index (χ0) is 18.4. The van der Waals surface area contributed by atoms with Crippen LogP contribution in [0.3, 0.4) is 0 Å². The number of urea groups is 1. The Morgan fingerprint density at radius 2 is 2.15 bits per heavy atom. The number of hydrogen-bond donors (Lipinski definition) is 2. The van der Waals surface area contributed by atoms with E-state index in [9.17, 15) is 9.59 Å². The van der Waals surface area contributed by atoms with E-state index in [-0.39, 0.29) is 11.9 Å². The Kier molecular flexibility index (Phi) is 6.22. The molecule has 6 nitrogen and oxygen atoms in total. The highest BCUT2D eigenvalue weighted by atomic mass is 32.1. The van der Waals surface area contributed by atoms with Gasteiger partial charge in [-0.1, -0.05) is 24.3 Å². The first-order valence-electron chi connectivity index (χ1n) is 8.88. The van der Waals surface area contributed by atoms with Crippen molar-refractivity contribution in [1.82, 2.24) is 20.5 Å². The Balaban J connectivity index is 1.41. The molecule has 1 fully saturated rings. The molecule has 1 aromatic carbocycles. The molecule has 0 spiro atoms. The van der Waals surface area contributed by atoms with Crippen LogP contribution in [0.2, 0.25) is 0 Å². The fourth-order valence-electron chi connectivity index (χ4n) is 3.00. The van der Waals surface area contributed by atoms with Crippen molar-refractivity contribution in [2.24, 2.45) is 0 Å². The number of likely N-dealkylation sites (tertiary alicyclic amines) is 1. The molecular formula is C19H24N4O2S. The van der Waals surface area contributed by atoms with Crippen LogP contribution in [0, 0.1) is 6.92 Å². The molecule has 138 valence electrons. The summed E-state index contributed by atoms with van der Waals surface area (Å²) in [7, 11) is 0. The Hall–Kier alpha value is -2.41. The quantitative estimate of drug-likeness (QED) is 0.785. The fourth-order valence-corrected chi connectivity index (χ4v) is 3.65. The van der Waals surface area contributed by atoms with Gasteiger partial charge in [0.15, 0.2) is 0 Å². The summed E-state index contributed by atoms with van der Waals surface area (Å²) in [6, 6.07) is 7.83. The lowest BCUT2D eigenvalue weighted by molar-refractivity contribution is -0.128. The van der Waals surface area contributed by atoms with Gasteiger partial charge in [0.1, 0.15) is 0 Å². The van der Waals surface area contributed by atoms with Gasteiger partial charge >= 0.3 is 6.03 Å². The summed E-state index contributed by atoms with van der Waals surface area (Å²) in [4.78, 5) is 29.9. The van der Waals surface area contributed by atoms with Gasteiger partial charge in [-0.05, 0) is 24.5 Å². The molecule has 0 aliphatic carbocycles. The highest BCUT2D eigenvalue weighted by Crippen LogP contribution is 2.15. The normalized spacial score (nSPS) is 13.9. The third-order valence-corrected chi connectivity index (χ3v) is 5.14. The van der Waals surface area contributed by atoms with Crippen LogP contribution < -0.4 is 10.6 Å². The van der Waals surface area contributed by atoms with E-state index < -0.39 is 0 Å². The van der Waals surface area contributed by atoms with Crippen LogP contribution in [0.15, 0.2) is 29.6 Å². The van der Waals surface area contributed by atoms with Gasteiger partial charge in [0.2, 0.25) is 5.91 Å². The first-order chi connectivity index (χ1) is 12.6. The minimum Gasteiger partial charge on any atom is -0.338 e. The minimum absolute atomic E-state index is 0.183. The summed E-state index contributed by atoms with van der Waals surface area (Å²) >= 11 is 1.62. The Morgan fingerprint density at radius 1 is 1.31 bits per heavy atom. The maximum atomic E-state index is 11.9. The molecule has 2 N–H and O–H groups in total. The number of nitrogens with one attached hydrogen (secondary N) is 2. The van der Waals surface area contributed by atoms with E-state index in [0.29, 0.717) is 26.1 Å². The zero-order valence-electron chi connectivity index (χ0n) is 15.0. The predicted molar refractivity (Wildman–Crippen MR) is 102 cm³/mol. The number of rotatable bonds is 7. The second kappa shape index (κ2) is 8.80. The van der Waals surface area contributed by atoms with E-state index in [1.165, 1.54) is 0 Å². The molecule has 3 amide bonds. The average molecular weight is 372 g/mol. The largest absolute Gasteiger partial charge is 0.338 e. The summed E-state index contributed by atoms with van der Waals surface area (Å²) in [5.41, 5.74) is 3.13. The fraction of sp³-hybridized carbons (Fsp3) is 0.421. The van der Waals surface area contributed by atoms with E-state index in [1.54, 1.807) is 11.3 Å². The van der Waals surface area contributed by atoms with Crippen LogP contribution in [0.4, 0.5) is 4.79 Å². The molecule has 26 heavy (non-hydrogen) atoms. The second-order valence-electron chi connectivity index (χ2n) is 6.46. The maximum Gasteiger partial charge on any atom is 0.315 e. The molecule has 3 rings (SSSR count). The number of aromatic nitrogens is 1. The van der Waals surface area contributed by atoms with Crippen molar-refractivity contribution in [2.45, 2.75) is 39.3 Å². The van der Waals surface area contributed by atoms with Crippen molar-refractivity contribution >= 4 is 23.3 Å². The number of amides is 3. The lowest BCUT2D eigenvalue weighted by atomic mass is 10.1. The van der Waals surface area contributed by atoms with Crippen LogP contribution >= 0.6 is 11.3 Å². The lowest BCUT2D eigenvalue weighted by Gasteiger charge is -2.16. The first-order valence-corrected chi connectivity index (χ1v) is 9.76. The van der Waals surface area contributed by atoms with Crippen LogP contribution in [-0.2, 0) is 24.3 Å². The third-order valence-electron chi connectivity index (χ3n) is 4.32. The van der Waals surface area contributed by atoms with Crippen molar-refractivity contribution in [2.75, 3.05) is 13.1 Å². The van der Waals surface area contributed by atoms with Gasteiger partial charge in [0.05, 0.1) is 10.7 Å². The highest BCUT2D eigenvalue weighted by molar-refractivity contribution is 7.09. The molecule has 2 aromatic rings. The lowest BCUT2D eigenvalue weighted by Crippen LogP contribution is -2.36. The van der Waals surface area contributed by atoms with Gasteiger partial charge in [0, 0.05) is 44.4 Å². The smallest absolute Gasteiger partial charge is 0.315 e. The summed E-state index contributed by atoms with van der Waals surface area (Å²) < 4.78 is 0. The molecule has 1 aromatic heterocycles. The number of benzene rings is 1. The number of carbonyl (C=O) groups is 2. The van der Waals surface area contributed by atoms with Crippen LogP contribution in [0.25, 0.3) is 0 Å². The molecule has 0 saturated carbocycles. The summed E-state index contributed by atoms with van der Waals surface area (Å²) in [6.07, 6.45) is 2.33. The molecule has 1 aliphatic rings. The Morgan fingerprint density at radius 3 is 2.88 bits per heavy atom. The molecule has 0 atom stereocenters. The van der Waals surface area contributed by atoms with Crippen molar-refractivity contribution < 1.29 is 9.59 Å². The number of carbonyl (C=O) groups excluding carboxylic acids is 2. The van der Waals surface area contributed by atoms with Gasteiger partial charge < -0.3 is 15.5 Å². The Bertz CT molecular complexity index is 774. The van der Waals surface area contributed by atoms with Crippen LogP contribution in [0.5, 0.6) is 0 Å². The van der Waals surface area contributed by atoms with Crippen LogP contribution in [0.1, 0.15) is 34.7 Å². The van der Waals surface area contributed by atoms with E-state index in [0.717, 1.165) is 41.2 Å². The van der Waals surface area contributed by atoms with Gasteiger partial charge in [-0.15, -0.1) is 11.3 Å². The third kappa shape index (κ3) is 5.29. The van der Waals surface area contributed by atoms with E-state index in [2.05, 4.69) is 15.6 Å². The molecular weight excluding hydrogens is 348 g/mol. The summed E-state index contributed by atoms with van der Waals surface area (Å²) in [6.45, 7) is 4.48. The van der Waals surface area contributed by atoms with Crippen LogP contribution in [-0.4, -0.2) is 34.9 Å². The molecule has 0 bridgehead atoms. The first kappa shape index (κ1) is 18.4. The standard InChI is InChI=1S/C19H24N4O2S/c1-14-22-17(13-26-14)7-8-20-19(25)21-11-15-4-2-5-16(10-15)12-23-9-3-6-18(23)24/h2,4-5,10,13H,3,6-9,11-12H2,1H3,(H2,20,21,25). The molecule has 7 heteroatoms. The number of nitrogens with zero attached hydrogens (tertiary/aromatic N) is 2. The number of aryl methyl sites for hydroxylation is 1. The summed E-state index contributed by atoms with van der Waals surface area (Å²) in [5, 5.41) is 8.78. The van der Waals surface area contributed by atoms with E-state index in [4.69, 9.17) is 0 Å². The monoisotopic (exact) mass is 372 g/mol. The molecule has 2 heterocycles. The van der Waals surface area contributed by atoms with Gasteiger partial charge in [0.25, 0.3) is 0 Å². The van der Waals surface area contributed by atoms with Crippen molar-refractivity contribution in [3.05, 3.63) is 51.5 Å². The SMILES string of the molecule is Cc1nc(CCNC(=O)NCc2cccc(CN3CCCC3=O)c2)cs1. The summed E-state index contributed by atoms with van der Waals surface area (Å²) in [5.74, 6) is 0.225. The van der Waals surface area contributed by atoms with Gasteiger partial charge in [-0.2, -0.15) is 0 Å². The van der Waals surface area contributed by atoms with E-state index >= 15 is 0 Å². The average Bonchev–Trinajstić information content (AvgIpc) is 3.22. The van der Waals surface area contributed by atoms with Crippen molar-refractivity contribution in [3.8, 4) is 0 Å². The van der Waals surface area contributed by atoms with Gasteiger partial charge in [-0.25, -0.2) is 9.78 Å². The second-order valence-corrected chi connectivity index (χ2v) is 7.52. The Labute approximate surface area is 157 Å². The minimum atomic E-state index is -0.183. The van der Waals surface area contributed by atoms with Crippen molar-refractivity contribution in [1.29, 1.82) is 0 Å². The molecule has 0 unspecified atom stereocenters. The van der Waals surface area contributed by atoms with Gasteiger partial charge in [-0.3, -0.25) is 4.79 Å². The topological polar surface area (TPSA) is 74.3 Å². The van der Waals surface area contributed by atoms with Crippen molar-refractivity contribution in [3.63, 3.8) is 0 Å².